The molecule has 0 atom stereocenters. The van der Waals surface area contributed by atoms with Crippen LogP contribution in [0.1, 0.15) is 19.8 Å². The van der Waals surface area contributed by atoms with Crippen molar-refractivity contribution >= 4 is 5.69 Å². The molecule has 90 valence electrons. The SMILES string of the molecule is CCCCN(C)CCN(C)c1ccccc1. The van der Waals surface area contributed by atoms with Crippen molar-refractivity contribution < 1.29 is 0 Å². The van der Waals surface area contributed by atoms with E-state index in [4.69, 9.17) is 0 Å². The molecular weight excluding hydrogens is 196 g/mol. The Morgan fingerprint density at radius 2 is 1.62 bits per heavy atom. The third-order valence-corrected chi connectivity index (χ3v) is 2.91. The quantitative estimate of drug-likeness (QED) is 0.697. The molecule has 0 aliphatic rings. The molecule has 0 aromatic heterocycles. The average molecular weight is 220 g/mol. The van der Waals surface area contributed by atoms with Crippen molar-refractivity contribution in [1.82, 2.24) is 4.90 Å². The largest absolute Gasteiger partial charge is 0.373 e. The number of hydrogen-bond donors (Lipinski definition) is 0. The molecular formula is C14H24N2. The maximum atomic E-state index is 2.41. The van der Waals surface area contributed by atoms with Crippen LogP contribution in [0.4, 0.5) is 5.69 Å². The van der Waals surface area contributed by atoms with Gasteiger partial charge in [-0.1, -0.05) is 31.5 Å². The van der Waals surface area contributed by atoms with Crippen molar-refractivity contribution in [1.29, 1.82) is 0 Å². The van der Waals surface area contributed by atoms with Crippen molar-refractivity contribution in [3.8, 4) is 0 Å². The van der Waals surface area contributed by atoms with Gasteiger partial charge in [-0.25, -0.2) is 0 Å². The summed E-state index contributed by atoms with van der Waals surface area (Å²) in [5, 5.41) is 0. The van der Waals surface area contributed by atoms with Gasteiger partial charge in [0.2, 0.25) is 0 Å². The van der Waals surface area contributed by atoms with Gasteiger partial charge in [0.05, 0.1) is 0 Å². The van der Waals surface area contributed by atoms with E-state index < -0.39 is 0 Å². The van der Waals surface area contributed by atoms with Gasteiger partial charge in [-0.2, -0.15) is 0 Å². The maximum Gasteiger partial charge on any atom is 0.0364 e. The fourth-order valence-corrected chi connectivity index (χ4v) is 1.67. The van der Waals surface area contributed by atoms with Gasteiger partial charge in [-0.05, 0) is 32.1 Å². The lowest BCUT2D eigenvalue weighted by molar-refractivity contribution is 0.335. The van der Waals surface area contributed by atoms with Crippen molar-refractivity contribution in [2.75, 3.05) is 38.6 Å². The van der Waals surface area contributed by atoms with Crippen LogP contribution in [0.15, 0.2) is 30.3 Å². The van der Waals surface area contributed by atoms with E-state index in [-0.39, 0.29) is 0 Å². The van der Waals surface area contributed by atoms with Crippen molar-refractivity contribution in [2.45, 2.75) is 19.8 Å². The normalized spacial score (nSPS) is 10.8. The molecule has 0 fully saturated rings. The second-order valence-corrected chi connectivity index (χ2v) is 4.41. The zero-order valence-corrected chi connectivity index (χ0v) is 10.8. The van der Waals surface area contributed by atoms with Crippen LogP contribution in [-0.2, 0) is 0 Å². The summed E-state index contributed by atoms with van der Waals surface area (Å²) in [5.74, 6) is 0. The van der Waals surface area contributed by atoms with Crippen LogP contribution in [0.25, 0.3) is 0 Å². The molecule has 2 heteroatoms. The van der Waals surface area contributed by atoms with Gasteiger partial charge in [0.1, 0.15) is 0 Å². The van der Waals surface area contributed by atoms with Crippen LogP contribution in [-0.4, -0.2) is 38.6 Å². The molecule has 1 aromatic rings. The van der Waals surface area contributed by atoms with Crippen LogP contribution in [0.3, 0.4) is 0 Å². The average Bonchev–Trinajstić information content (AvgIpc) is 2.34. The van der Waals surface area contributed by atoms with E-state index in [1.807, 2.05) is 0 Å². The lowest BCUT2D eigenvalue weighted by Gasteiger charge is -2.23. The van der Waals surface area contributed by atoms with Gasteiger partial charge < -0.3 is 9.80 Å². The van der Waals surface area contributed by atoms with Gasteiger partial charge in [-0.15, -0.1) is 0 Å². The summed E-state index contributed by atoms with van der Waals surface area (Å²) in [6.45, 7) is 5.67. The van der Waals surface area contributed by atoms with E-state index in [0.717, 1.165) is 13.1 Å². The Labute approximate surface area is 99.9 Å². The Bertz CT molecular complexity index is 271. The second kappa shape index (κ2) is 7.29. The van der Waals surface area contributed by atoms with Crippen LogP contribution in [0, 0.1) is 0 Å². The predicted molar refractivity (Wildman–Crippen MR) is 72.1 cm³/mol. The first-order chi connectivity index (χ1) is 7.74. The van der Waals surface area contributed by atoms with E-state index in [0.29, 0.717) is 0 Å². The lowest BCUT2D eigenvalue weighted by Crippen LogP contribution is -2.31. The highest BCUT2D eigenvalue weighted by Gasteiger charge is 2.02. The van der Waals surface area contributed by atoms with E-state index in [1.54, 1.807) is 0 Å². The third kappa shape index (κ3) is 4.67. The number of likely N-dealkylation sites (N-methyl/N-ethyl adjacent to an activating group) is 2. The minimum absolute atomic E-state index is 1.09. The smallest absolute Gasteiger partial charge is 0.0364 e. The number of benzene rings is 1. The number of nitrogens with zero attached hydrogens (tertiary/aromatic N) is 2. The van der Waals surface area contributed by atoms with Crippen molar-refractivity contribution in [3.63, 3.8) is 0 Å². The molecule has 0 bridgehead atoms. The lowest BCUT2D eigenvalue weighted by atomic mass is 10.3. The summed E-state index contributed by atoms with van der Waals surface area (Å²) < 4.78 is 0. The van der Waals surface area contributed by atoms with Crippen molar-refractivity contribution in [3.05, 3.63) is 30.3 Å². The Hall–Kier alpha value is -1.02. The molecule has 1 aromatic carbocycles. The van der Waals surface area contributed by atoms with Gasteiger partial charge in [-0.3, -0.25) is 0 Å². The van der Waals surface area contributed by atoms with E-state index in [9.17, 15) is 0 Å². The molecule has 0 radical (unpaired) electrons. The monoisotopic (exact) mass is 220 g/mol. The van der Waals surface area contributed by atoms with Gasteiger partial charge in [0.25, 0.3) is 0 Å². The minimum Gasteiger partial charge on any atom is -0.373 e. The molecule has 0 unspecified atom stereocenters. The van der Waals surface area contributed by atoms with E-state index >= 15 is 0 Å². The molecule has 0 saturated heterocycles. The maximum absolute atomic E-state index is 2.41. The Morgan fingerprint density at radius 3 is 2.25 bits per heavy atom. The summed E-state index contributed by atoms with van der Waals surface area (Å²) in [6.07, 6.45) is 2.57. The Kier molecular flexibility index (Phi) is 5.94. The molecule has 0 N–H and O–H groups in total. The van der Waals surface area contributed by atoms with Crippen LogP contribution >= 0.6 is 0 Å². The molecule has 1 rings (SSSR count). The van der Waals surface area contributed by atoms with E-state index in [2.05, 4.69) is 61.2 Å². The molecule has 0 saturated carbocycles. The van der Waals surface area contributed by atoms with Gasteiger partial charge >= 0.3 is 0 Å². The summed E-state index contributed by atoms with van der Waals surface area (Å²) in [5.41, 5.74) is 1.30. The van der Waals surface area contributed by atoms with Crippen molar-refractivity contribution in [2.24, 2.45) is 0 Å². The highest BCUT2D eigenvalue weighted by molar-refractivity contribution is 5.44. The first-order valence-electron chi connectivity index (χ1n) is 6.18. The zero-order chi connectivity index (χ0) is 11.8. The first kappa shape index (κ1) is 13.0. The molecule has 0 aliphatic heterocycles. The summed E-state index contributed by atoms with van der Waals surface area (Å²) >= 11 is 0. The molecule has 0 heterocycles. The van der Waals surface area contributed by atoms with Gasteiger partial charge in [0.15, 0.2) is 0 Å². The zero-order valence-electron chi connectivity index (χ0n) is 10.8. The summed E-state index contributed by atoms with van der Waals surface area (Å²) in [4.78, 5) is 4.71. The molecule has 0 spiro atoms. The van der Waals surface area contributed by atoms with E-state index in [1.165, 1.54) is 25.1 Å². The summed E-state index contributed by atoms with van der Waals surface area (Å²) in [6, 6.07) is 10.6. The number of para-hydroxylation sites is 1. The number of anilines is 1. The topological polar surface area (TPSA) is 6.48 Å². The van der Waals surface area contributed by atoms with Crippen LogP contribution in [0.5, 0.6) is 0 Å². The Balaban J connectivity index is 2.27. The molecule has 2 nitrogen and oxygen atoms in total. The predicted octanol–water partition coefficient (Wildman–Crippen LogP) is 2.85. The standard InChI is InChI=1S/C14H24N2/c1-4-5-11-15(2)12-13-16(3)14-9-7-6-8-10-14/h6-10H,4-5,11-13H2,1-3H3. The minimum atomic E-state index is 1.09. The molecule has 0 aliphatic carbocycles. The number of hydrogen-bond acceptors (Lipinski definition) is 2. The highest BCUT2D eigenvalue weighted by atomic mass is 15.2. The second-order valence-electron chi connectivity index (χ2n) is 4.41. The number of rotatable bonds is 7. The van der Waals surface area contributed by atoms with Crippen LogP contribution < -0.4 is 4.90 Å². The summed E-state index contributed by atoms with van der Waals surface area (Å²) in [7, 11) is 4.36. The van der Waals surface area contributed by atoms with Gasteiger partial charge in [0, 0.05) is 25.8 Å². The molecule has 0 amide bonds. The fraction of sp³-hybridized carbons (Fsp3) is 0.571. The Morgan fingerprint density at radius 1 is 0.938 bits per heavy atom. The fourth-order valence-electron chi connectivity index (χ4n) is 1.67. The molecule has 16 heavy (non-hydrogen) atoms. The highest BCUT2D eigenvalue weighted by Crippen LogP contribution is 2.10. The first-order valence-corrected chi connectivity index (χ1v) is 6.18. The third-order valence-electron chi connectivity index (χ3n) is 2.91. The van der Waals surface area contributed by atoms with Crippen LogP contribution in [0.2, 0.25) is 0 Å². The number of unbranched alkanes of at least 4 members (excludes halogenated alkanes) is 1.